The first-order chi connectivity index (χ1) is 8.99. The van der Waals surface area contributed by atoms with Crippen molar-refractivity contribution in [2.75, 3.05) is 0 Å². The molecule has 0 aliphatic heterocycles. The van der Waals surface area contributed by atoms with E-state index in [0.29, 0.717) is 14.0 Å². The molecule has 1 heterocycles. The van der Waals surface area contributed by atoms with Crippen molar-refractivity contribution in [2.45, 2.75) is 22.1 Å². The summed E-state index contributed by atoms with van der Waals surface area (Å²) in [5, 5.41) is 20.4. The third kappa shape index (κ3) is 3.12. The molecule has 0 aliphatic rings. The molecule has 1 unspecified atom stereocenters. The standard InChI is InChI=1S/C12H10FNO3S2/c1-7(15)11-6-9(14(16)17)12(19-11)18-10-5-3-2-4-8(10)13/h2-7,15H,1H3. The molecule has 1 aromatic carbocycles. The highest BCUT2D eigenvalue weighted by Crippen LogP contribution is 2.43. The van der Waals surface area contributed by atoms with Crippen LogP contribution in [0.5, 0.6) is 0 Å². The zero-order valence-corrected chi connectivity index (χ0v) is 11.5. The minimum absolute atomic E-state index is 0.103. The molecule has 0 fully saturated rings. The van der Waals surface area contributed by atoms with Gasteiger partial charge in [0, 0.05) is 15.8 Å². The summed E-state index contributed by atoms with van der Waals surface area (Å²) >= 11 is 2.10. The molecule has 0 radical (unpaired) electrons. The molecule has 1 N–H and O–H groups in total. The lowest BCUT2D eigenvalue weighted by Crippen LogP contribution is -1.88. The zero-order valence-electron chi connectivity index (χ0n) is 9.87. The Morgan fingerprint density at radius 2 is 2.16 bits per heavy atom. The van der Waals surface area contributed by atoms with Crippen molar-refractivity contribution in [1.29, 1.82) is 0 Å². The number of thiophene rings is 1. The first-order valence-electron chi connectivity index (χ1n) is 5.37. The van der Waals surface area contributed by atoms with Gasteiger partial charge in [0.25, 0.3) is 5.69 Å². The van der Waals surface area contributed by atoms with Gasteiger partial charge in [-0.3, -0.25) is 10.1 Å². The molecule has 4 nitrogen and oxygen atoms in total. The van der Waals surface area contributed by atoms with Gasteiger partial charge in [-0.05, 0) is 19.1 Å². The minimum atomic E-state index is -0.779. The second-order valence-corrected chi connectivity index (χ2v) is 6.18. The van der Waals surface area contributed by atoms with Crippen molar-refractivity contribution in [3.8, 4) is 0 Å². The number of hydrogen-bond acceptors (Lipinski definition) is 5. The number of nitrogens with zero attached hydrogens (tertiary/aromatic N) is 1. The van der Waals surface area contributed by atoms with Gasteiger partial charge < -0.3 is 5.11 Å². The normalized spacial score (nSPS) is 12.4. The van der Waals surface area contributed by atoms with Crippen molar-refractivity contribution >= 4 is 28.8 Å². The maximum absolute atomic E-state index is 13.5. The molecule has 7 heteroatoms. The van der Waals surface area contributed by atoms with Gasteiger partial charge in [0.1, 0.15) is 10.0 Å². The third-order valence-electron chi connectivity index (χ3n) is 2.35. The van der Waals surface area contributed by atoms with Crippen LogP contribution < -0.4 is 0 Å². The van der Waals surface area contributed by atoms with Crippen LogP contribution >= 0.6 is 23.1 Å². The summed E-state index contributed by atoms with van der Waals surface area (Å²) in [6.07, 6.45) is -0.779. The van der Waals surface area contributed by atoms with Gasteiger partial charge in [-0.25, -0.2) is 4.39 Å². The molecule has 0 bridgehead atoms. The van der Waals surface area contributed by atoms with Crippen molar-refractivity contribution in [3.63, 3.8) is 0 Å². The Bertz CT molecular complexity index is 613. The molecule has 19 heavy (non-hydrogen) atoms. The van der Waals surface area contributed by atoms with E-state index in [1.165, 1.54) is 19.1 Å². The number of halogens is 1. The number of nitro groups is 1. The summed E-state index contributed by atoms with van der Waals surface area (Å²) in [5.41, 5.74) is -0.103. The summed E-state index contributed by atoms with van der Waals surface area (Å²) in [4.78, 5) is 11.2. The first kappa shape index (κ1) is 14.0. The Balaban J connectivity index is 2.39. The van der Waals surface area contributed by atoms with Gasteiger partial charge in [0.15, 0.2) is 0 Å². The molecule has 0 aliphatic carbocycles. The van der Waals surface area contributed by atoms with Crippen LogP contribution in [0.15, 0.2) is 39.4 Å². The highest BCUT2D eigenvalue weighted by atomic mass is 32.2. The SMILES string of the molecule is CC(O)c1cc([N+](=O)[O-])c(Sc2ccccc2F)s1. The third-order valence-corrected chi connectivity index (χ3v) is 4.88. The van der Waals surface area contributed by atoms with Crippen LogP contribution in [0.2, 0.25) is 0 Å². The number of aliphatic hydroxyl groups excluding tert-OH is 1. The second kappa shape index (κ2) is 5.68. The fourth-order valence-corrected chi connectivity index (χ4v) is 3.68. The van der Waals surface area contributed by atoms with E-state index in [1.807, 2.05) is 0 Å². The Labute approximate surface area is 117 Å². The van der Waals surface area contributed by atoms with Gasteiger partial charge in [-0.15, -0.1) is 11.3 Å². The molecule has 0 saturated heterocycles. The summed E-state index contributed by atoms with van der Waals surface area (Å²) in [6, 6.07) is 7.42. The predicted octanol–water partition coefficient (Wildman–Crippen LogP) is 4.00. The summed E-state index contributed by atoms with van der Waals surface area (Å²) in [6.45, 7) is 1.53. The van der Waals surface area contributed by atoms with Crippen LogP contribution in [0.25, 0.3) is 0 Å². The van der Waals surface area contributed by atoms with E-state index in [2.05, 4.69) is 0 Å². The van der Waals surface area contributed by atoms with E-state index < -0.39 is 16.8 Å². The van der Waals surface area contributed by atoms with Gasteiger partial charge >= 0.3 is 0 Å². The lowest BCUT2D eigenvalue weighted by atomic mass is 10.3. The average molecular weight is 299 g/mol. The molecule has 0 amide bonds. The number of benzene rings is 1. The van der Waals surface area contributed by atoms with Gasteiger partial charge in [-0.2, -0.15) is 0 Å². The zero-order chi connectivity index (χ0) is 14.0. The molecular weight excluding hydrogens is 289 g/mol. The van der Waals surface area contributed by atoms with Crippen LogP contribution in [0.4, 0.5) is 10.1 Å². The lowest BCUT2D eigenvalue weighted by molar-refractivity contribution is -0.387. The fourth-order valence-electron chi connectivity index (χ4n) is 1.42. The van der Waals surface area contributed by atoms with Crippen molar-refractivity contribution in [1.82, 2.24) is 0 Å². The fraction of sp³-hybridized carbons (Fsp3) is 0.167. The van der Waals surface area contributed by atoms with Crippen LogP contribution in [0.1, 0.15) is 17.9 Å². The van der Waals surface area contributed by atoms with E-state index in [0.717, 1.165) is 23.1 Å². The number of aliphatic hydroxyl groups is 1. The van der Waals surface area contributed by atoms with Crippen molar-refractivity contribution < 1.29 is 14.4 Å². The number of hydrogen-bond donors (Lipinski definition) is 1. The Hall–Kier alpha value is -1.44. The van der Waals surface area contributed by atoms with E-state index in [9.17, 15) is 19.6 Å². The quantitative estimate of drug-likeness (QED) is 0.684. The second-order valence-electron chi connectivity index (χ2n) is 3.79. The summed E-state index contributed by atoms with van der Waals surface area (Å²) < 4.78 is 13.9. The molecule has 100 valence electrons. The topological polar surface area (TPSA) is 63.4 Å². The predicted molar refractivity (Wildman–Crippen MR) is 72.1 cm³/mol. The molecule has 1 atom stereocenters. The van der Waals surface area contributed by atoms with E-state index in [1.54, 1.807) is 18.2 Å². The monoisotopic (exact) mass is 299 g/mol. The maximum atomic E-state index is 13.5. The van der Waals surface area contributed by atoms with Crippen LogP contribution in [0.3, 0.4) is 0 Å². The van der Waals surface area contributed by atoms with Crippen molar-refractivity contribution in [3.05, 3.63) is 51.1 Å². The van der Waals surface area contributed by atoms with Gasteiger partial charge in [0.2, 0.25) is 0 Å². The Morgan fingerprint density at radius 3 is 2.74 bits per heavy atom. The molecular formula is C12H10FNO3S2. The van der Waals surface area contributed by atoms with Crippen LogP contribution in [0, 0.1) is 15.9 Å². The Kier molecular flexibility index (Phi) is 4.18. The smallest absolute Gasteiger partial charge is 0.294 e. The minimum Gasteiger partial charge on any atom is -0.388 e. The van der Waals surface area contributed by atoms with Gasteiger partial charge in [0.05, 0.1) is 11.0 Å². The summed E-state index contributed by atoms with van der Waals surface area (Å²) in [7, 11) is 0. The highest BCUT2D eigenvalue weighted by Gasteiger charge is 2.22. The number of rotatable bonds is 4. The molecule has 2 aromatic rings. The largest absolute Gasteiger partial charge is 0.388 e. The Morgan fingerprint density at radius 1 is 1.47 bits per heavy atom. The molecule has 1 aromatic heterocycles. The molecule has 2 rings (SSSR count). The molecule has 0 saturated carbocycles. The summed E-state index contributed by atoms with van der Waals surface area (Å²) in [5.74, 6) is -0.422. The average Bonchev–Trinajstić information content (AvgIpc) is 2.76. The highest BCUT2D eigenvalue weighted by molar-refractivity contribution is 8.01. The lowest BCUT2D eigenvalue weighted by Gasteiger charge is -2.00. The van der Waals surface area contributed by atoms with Crippen LogP contribution in [-0.2, 0) is 0 Å². The van der Waals surface area contributed by atoms with Crippen LogP contribution in [-0.4, -0.2) is 10.0 Å². The van der Waals surface area contributed by atoms with E-state index in [4.69, 9.17) is 0 Å². The maximum Gasteiger partial charge on any atom is 0.294 e. The molecule has 0 spiro atoms. The van der Waals surface area contributed by atoms with Crippen molar-refractivity contribution in [2.24, 2.45) is 0 Å². The van der Waals surface area contributed by atoms with Gasteiger partial charge in [-0.1, -0.05) is 23.9 Å². The van der Waals surface area contributed by atoms with E-state index in [-0.39, 0.29) is 5.69 Å². The first-order valence-corrected chi connectivity index (χ1v) is 7.01. The van der Waals surface area contributed by atoms with E-state index >= 15 is 0 Å².